The van der Waals surface area contributed by atoms with Crippen molar-refractivity contribution in [3.63, 3.8) is 0 Å². The summed E-state index contributed by atoms with van der Waals surface area (Å²) in [4.78, 5) is 4.28. The topological polar surface area (TPSA) is 17.8 Å². The van der Waals surface area contributed by atoms with E-state index in [1.807, 2.05) is 13.4 Å². The van der Waals surface area contributed by atoms with Gasteiger partial charge in [-0.1, -0.05) is 19.1 Å². The molecule has 2 heteroatoms. The molecule has 0 radical (unpaired) electrons. The molecular formula is C9H12N2. The molecule has 0 fully saturated rings. The first kappa shape index (κ1) is 6.65. The van der Waals surface area contributed by atoms with Gasteiger partial charge < -0.3 is 4.57 Å². The first-order valence-electron chi connectivity index (χ1n) is 3.97. The zero-order chi connectivity index (χ0) is 7.84. The monoisotopic (exact) mass is 148 g/mol. The summed E-state index contributed by atoms with van der Waals surface area (Å²) in [6, 6.07) is 0. The van der Waals surface area contributed by atoms with Crippen LogP contribution < -0.4 is 10.7 Å². The average Bonchev–Trinajstić information content (AvgIpc) is 2.32. The first-order chi connectivity index (χ1) is 5.27. The van der Waals surface area contributed by atoms with Gasteiger partial charge in [0.15, 0.2) is 0 Å². The van der Waals surface area contributed by atoms with Gasteiger partial charge in [-0.15, -0.1) is 0 Å². The normalized spacial score (nSPS) is 21.8. The van der Waals surface area contributed by atoms with Crippen LogP contribution in [0.2, 0.25) is 0 Å². The minimum atomic E-state index is 0.650. The lowest BCUT2D eigenvalue weighted by Crippen LogP contribution is -2.32. The van der Waals surface area contributed by atoms with Gasteiger partial charge in [-0.2, -0.15) is 0 Å². The third-order valence-electron chi connectivity index (χ3n) is 2.14. The number of hydrogen-bond donors (Lipinski definition) is 0. The number of rotatable bonds is 0. The smallest absolute Gasteiger partial charge is 0.0955 e. The second-order valence-corrected chi connectivity index (χ2v) is 3.21. The molecule has 0 aliphatic heterocycles. The van der Waals surface area contributed by atoms with Crippen molar-refractivity contribution in [2.45, 2.75) is 13.3 Å². The molecule has 0 amide bonds. The van der Waals surface area contributed by atoms with Crippen molar-refractivity contribution in [1.82, 2.24) is 9.55 Å². The molecule has 1 unspecified atom stereocenters. The SMILES string of the molecule is CC1C=c2ncn(C)c2=CC1. The highest BCUT2D eigenvalue weighted by atomic mass is 15.0. The molecule has 0 bridgehead atoms. The molecule has 0 saturated carbocycles. The Balaban J connectivity index is 2.76. The fraction of sp³-hybridized carbons (Fsp3) is 0.444. The van der Waals surface area contributed by atoms with Crippen LogP contribution in [0, 0.1) is 5.92 Å². The minimum absolute atomic E-state index is 0.650. The van der Waals surface area contributed by atoms with E-state index >= 15 is 0 Å². The second kappa shape index (κ2) is 2.22. The van der Waals surface area contributed by atoms with Crippen molar-refractivity contribution >= 4 is 12.2 Å². The summed E-state index contributed by atoms with van der Waals surface area (Å²) in [5.74, 6) is 0.650. The molecule has 2 rings (SSSR count). The van der Waals surface area contributed by atoms with Gasteiger partial charge in [0.1, 0.15) is 0 Å². The lowest BCUT2D eigenvalue weighted by molar-refractivity contribution is 0.783. The van der Waals surface area contributed by atoms with Gasteiger partial charge >= 0.3 is 0 Å². The number of hydrogen-bond acceptors (Lipinski definition) is 1. The number of imidazole rings is 1. The lowest BCUT2D eigenvalue weighted by Gasteiger charge is -2.03. The summed E-state index contributed by atoms with van der Waals surface area (Å²) in [7, 11) is 2.03. The highest BCUT2D eigenvalue weighted by Gasteiger charge is 2.03. The van der Waals surface area contributed by atoms with Crippen LogP contribution >= 0.6 is 0 Å². The Morgan fingerprint density at radius 1 is 1.64 bits per heavy atom. The van der Waals surface area contributed by atoms with Crippen molar-refractivity contribution in [1.29, 1.82) is 0 Å². The van der Waals surface area contributed by atoms with Gasteiger partial charge in [0.2, 0.25) is 0 Å². The van der Waals surface area contributed by atoms with Crippen molar-refractivity contribution in [2.75, 3.05) is 0 Å². The Morgan fingerprint density at radius 2 is 2.45 bits per heavy atom. The summed E-state index contributed by atoms with van der Waals surface area (Å²) in [6.07, 6.45) is 7.50. The largest absolute Gasteiger partial charge is 0.334 e. The van der Waals surface area contributed by atoms with E-state index in [-0.39, 0.29) is 0 Å². The fourth-order valence-corrected chi connectivity index (χ4v) is 1.47. The summed E-state index contributed by atoms with van der Waals surface area (Å²) in [5, 5.41) is 2.41. The molecule has 0 saturated heterocycles. The molecule has 1 aromatic rings. The van der Waals surface area contributed by atoms with E-state index in [4.69, 9.17) is 0 Å². The van der Waals surface area contributed by atoms with Crippen LogP contribution in [0.3, 0.4) is 0 Å². The van der Waals surface area contributed by atoms with Crippen molar-refractivity contribution < 1.29 is 0 Å². The van der Waals surface area contributed by atoms with Crippen molar-refractivity contribution in [2.24, 2.45) is 13.0 Å². The molecule has 0 aromatic carbocycles. The predicted molar refractivity (Wildman–Crippen MR) is 45.2 cm³/mol. The third-order valence-corrected chi connectivity index (χ3v) is 2.14. The van der Waals surface area contributed by atoms with Gasteiger partial charge in [-0.3, -0.25) is 0 Å². The van der Waals surface area contributed by atoms with Crippen LogP contribution in [-0.2, 0) is 7.05 Å². The zero-order valence-corrected chi connectivity index (χ0v) is 6.91. The Morgan fingerprint density at radius 3 is 3.27 bits per heavy atom. The van der Waals surface area contributed by atoms with Gasteiger partial charge in [0.25, 0.3) is 0 Å². The molecule has 1 aliphatic carbocycles. The maximum atomic E-state index is 4.28. The zero-order valence-electron chi connectivity index (χ0n) is 6.91. The maximum Gasteiger partial charge on any atom is 0.0955 e. The molecule has 0 N–H and O–H groups in total. The van der Waals surface area contributed by atoms with Crippen LogP contribution in [0.1, 0.15) is 13.3 Å². The van der Waals surface area contributed by atoms with Gasteiger partial charge in [-0.25, -0.2) is 4.98 Å². The molecule has 1 heterocycles. The van der Waals surface area contributed by atoms with E-state index in [1.54, 1.807) is 0 Å². The minimum Gasteiger partial charge on any atom is -0.334 e. The molecule has 0 spiro atoms. The van der Waals surface area contributed by atoms with E-state index in [0.29, 0.717) is 5.92 Å². The van der Waals surface area contributed by atoms with Gasteiger partial charge in [0.05, 0.1) is 17.0 Å². The molecule has 1 aliphatic rings. The van der Waals surface area contributed by atoms with Crippen LogP contribution in [0.5, 0.6) is 0 Å². The molecule has 1 atom stereocenters. The molecular weight excluding hydrogens is 136 g/mol. The van der Waals surface area contributed by atoms with E-state index in [9.17, 15) is 0 Å². The summed E-state index contributed by atoms with van der Waals surface area (Å²) < 4.78 is 2.07. The summed E-state index contributed by atoms with van der Waals surface area (Å²) in [5.41, 5.74) is 0. The Bertz CT molecular complexity index is 373. The first-order valence-corrected chi connectivity index (χ1v) is 3.97. The van der Waals surface area contributed by atoms with Crippen LogP contribution in [-0.4, -0.2) is 9.55 Å². The lowest BCUT2D eigenvalue weighted by atomic mass is 10.0. The van der Waals surface area contributed by atoms with E-state index in [0.717, 1.165) is 11.8 Å². The number of aryl methyl sites for hydroxylation is 1. The maximum absolute atomic E-state index is 4.28. The highest BCUT2D eigenvalue weighted by Crippen LogP contribution is 2.04. The highest BCUT2D eigenvalue weighted by molar-refractivity contribution is 5.35. The quantitative estimate of drug-likeness (QED) is 0.507. The Kier molecular flexibility index (Phi) is 1.34. The molecule has 2 nitrogen and oxygen atoms in total. The molecule has 58 valence electrons. The predicted octanol–water partition coefficient (Wildman–Crippen LogP) is 0.0209. The number of aromatic nitrogens is 2. The Hall–Kier alpha value is -1.05. The summed E-state index contributed by atoms with van der Waals surface area (Å²) in [6.45, 7) is 2.22. The third kappa shape index (κ3) is 0.985. The Labute approximate surface area is 65.9 Å². The van der Waals surface area contributed by atoms with Crippen molar-refractivity contribution in [3.8, 4) is 0 Å². The van der Waals surface area contributed by atoms with Crippen LogP contribution in [0.25, 0.3) is 12.2 Å². The van der Waals surface area contributed by atoms with E-state index in [1.165, 1.54) is 5.35 Å². The van der Waals surface area contributed by atoms with Gasteiger partial charge in [0, 0.05) is 7.05 Å². The molecule has 1 aromatic heterocycles. The average molecular weight is 148 g/mol. The molecule has 11 heavy (non-hydrogen) atoms. The van der Waals surface area contributed by atoms with E-state index in [2.05, 4.69) is 28.6 Å². The fourth-order valence-electron chi connectivity index (χ4n) is 1.47. The standard InChI is InChI=1S/C9H12N2/c1-7-3-4-9-8(5-7)10-6-11(9)2/h4-7H,3H2,1-2H3. The van der Waals surface area contributed by atoms with Crippen LogP contribution in [0.4, 0.5) is 0 Å². The van der Waals surface area contributed by atoms with Crippen LogP contribution in [0.15, 0.2) is 6.33 Å². The van der Waals surface area contributed by atoms with E-state index < -0.39 is 0 Å². The van der Waals surface area contributed by atoms with Crippen molar-refractivity contribution in [3.05, 3.63) is 17.0 Å². The number of fused-ring (bicyclic) bond motifs is 1. The second-order valence-electron chi connectivity index (χ2n) is 3.21. The van der Waals surface area contributed by atoms with Gasteiger partial charge in [-0.05, 0) is 12.3 Å². The number of nitrogens with zero attached hydrogens (tertiary/aromatic N) is 2. The summed E-state index contributed by atoms with van der Waals surface area (Å²) >= 11 is 0.